The van der Waals surface area contributed by atoms with Crippen LogP contribution in [0.5, 0.6) is 0 Å². The molecule has 6 nitrogen and oxygen atoms in total. The first-order valence-electron chi connectivity index (χ1n) is 7.51. The molecule has 1 aliphatic heterocycles. The standard InChI is InChI=1S/C16H21FN2O4/c1-22-16(21)9-14(11-2-4-12(17)5-3-11)19-15(20)8-13-10-23-7-6-18-13/h2-5,13-14,18H,6-10H2,1H3,(H,19,20). The Kier molecular flexibility index (Phi) is 6.49. The minimum absolute atomic E-state index is 0.0114. The molecule has 1 saturated heterocycles. The predicted molar refractivity (Wildman–Crippen MR) is 81.1 cm³/mol. The number of methoxy groups -OCH3 is 1. The maximum Gasteiger partial charge on any atom is 0.307 e. The zero-order chi connectivity index (χ0) is 16.7. The van der Waals surface area contributed by atoms with Crippen molar-refractivity contribution in [3.63, 3.8) is 0 Å². The van der Waals surface area contributed by atoms with E-state index in [2.05, 4.69) is 15.4 Å². The largest absolute Gasteiger partial charge is 0.469 e. The summed E-state index contributed by atoms with van der Waals surface area (Å²) < 4.78 is 23.0. The van der Waals surface area contributed by atoms with Gasteiger partial charge in [0.25, 0.3) is 0 Å². The molecule has 23 heavy (non-hydrogen) atoms. The molecule has 1 aromatic carbocycles. The van der Waals surface area contributed by atoms with Crippen molar-refractivity contribution in [3.05, 3.63) is 35.6 Å². The fraction of sp³-hybridized carbons (Fsp3) is 0.500. The van der Waals surface area contributed by atoms with Gasteiger partial charge in [0.05, 0.1) is 32.8 Å². The molecule has 1 amide bonds. The predicted octanol–water partition coefficient (Wildman–Crippen LogP) is 0.925. The molecule has 1 heterocycles. The molecular weight excluding hydrogens is 303 g/mol. The van der Waals surface area contributed by atoms with Crippen LogP contribution in [0, 0.1) is 5.82 Å². The average molecular weight is 324 g/mol. The van der Waals surface area contributed by atoms with Gasteiger partial charge in [0, 0.05) is 19.0 Å². The zero-order valence-electron chi connectivity index (χ0n) is 13.0. The number of nitrogens with one attached hydrogen (secondary N) is 2. The Balaban J connectivity index is 1.99. The first-order valence-corrected chi connectivity index (χ1v) is 7.51. The zero-order valence-corrected chi connectivity index (χ0v) is 13.0. The minimum atomic E-state index is -0.556. The van der Waals surface area contributed by atoms with Crippen molar-refractivity contribution < 1.29 is 23.5 Å². The average Bonchev–Trinajstić information content (AvgIpc) is 2.55. The molecule has 7 heteroatoms. The Hall–Kier alpha value is -1.99. The van der Waals surface area contributed by atoms with E-state index in [4.69, 9.17) is 4.74 Å². The van der Waals surface area contributed by atoms with Crippen LogP contribution in [0.4, 0.5) is 4.39 Å². The van der Waals surface area contributed by atoms with Crippen molar-refractivity contribution >= 4 is 11.9 Å². The summed E-state index contributed by atoms with van der Waals surface area (Å²) in [4.78, 5) is 23.8. The summed E-state index contributed by atoms with van der Waals surface area (Å²) in [6, 6.07) is 5.08. The third kappa shape index (κ3) is 5.61. The van der Waals surface area contributed by atoms with E-state index in [9.17, 15) is 14.0 Å². The number of amides is 1. The van der Waals surface area contributed by atoms with E-state index in [0.717, 1.165) is 0 Å². The third-order valence-corrected chi connectivity index (χ3v) is 3.64. The monoisotopic (exact) mass is 324 g/mol. The maximum absolute atomic E-state index is 13.0. The number of rotatable bonds is 6. The van der Waals surface area contributed by atoms with Crippen LogP contribution in [-0.4, -0.2) is 44.8 Å². The lowest BCUT2D eigenvalue weighted by Gasteiger charge is -2.25. The molecule has 0 saturated carbocycles. The highest BCUT2D eigenvalue weighted by Gasteiger charge is 2.22. The van der Waals surface area contributed by atoms with Crippen molar-refractivity contribution in [3.8, 4) is 0 Å². The van der Waals surface area contributed by atoms with Gasteiger partial charge >= 0.3 is 5.97 Å². The Morgan fingerprint density at radius 1 is 1.43 bits per heavy atom. The highest BCUT2D eigenvalue weighted by Crippen LogP contribution is 2.18. The second-order valence-electron chi connectivity index (χ2n) is 5.38. The molecule has 1 aliphatic rings. The number of hydrogen-bond acceptors (Lipinski definition) is 5. The van der Waals surface area contributed by atoms with Gasteiger partial charge in [-0.15, -0.1) is 0 Å². The minimum Gasteiger partial charge on any atom is -0.469 e. The topological polar surface area (TPSA) is 76.7 Å². The molecular formula is C16H21FN2O4. The lowest BCUT2D eigenvalue weighted by atomic mass is 10.0. The first-order chi connectivity index (χ1) is 11.1. The van der Waals surface area contributed by atoms with Crippen molar-refractivity contribution in [2.45, 2.75) is 24.9 Å². The van der Waals surface area contributed by atoms with E-state index in [-0.39, 0.29) is 30.6 Å². The Morgan fingerprint density at radius 3 is 2.78 bits per heavy atom. The molecule has 0 spiro atoms. The molecule has 126 valence electrons. The highest BCUT2D eigenvalue weighted by molar-refractivity contribution is 5.78. The third-order valence-electron chi connectivity index (χ3n) is 3.64. The van der Waals surface area contributed by atoms with E-state index in [1.165, 1.54) is 19.2 Å². The molecule has 2 rings (SSSR count). The van der Waals surface area contributed by atoms with Gasteiger partial charge in [-0.2, -0.15) is 0 Å². The quantitative estimate of drug-likeness (QED) is 0.761. The smallest absolute Gasteiger partial charge is 0.307 e. The maximum atomic E-state index is 13.0. The number of esters is 1. The number of morpholine rings is 1. The normalized spacial score (nSPS) is 19.0. The number of carbonyl (C=O) groups is 2. The number of hydrogen-bond donors (Lipinski definition) is 2. The lowest BCUT2D eigenvalue weighted by molar-refractivity contribution is -0.141. The number of halogens is 1. The first kappa shape index (κ1) is 17.4. The summed E-state index contributed by atoms with van der Waals surface area (Å²) >= 11 is 0. The molecule has 1 aromatic rings. The molecule has 0 bridgehead atoms. The van der Waals surface area contributed by atoms with Crippen molar-refractivity contribution in [1.29, 1.82) is 0 Å². The van der Waals surface area contributed by atoms with E-state index in [0.29, 0.717) is 25.3 Å². The summed E-state index contributed by atoms with van der Waals surface area (Å²) in [6.45, 7) is 1.83. The number of benzene rings is 1. The summed E-state index contributed by atoms with van der Waals surface area (Å²) in [5.41, 5.74) is 0.651. The molecule has 2 unspecified atom stereocenters. The molecule has 2 atom stereocenters. The molecule has 0 aromatic heterocycles. The second-order valence-corrected chi connectivity index (χ2v) is 5.38. The summed E-state index contributed by atoms with van der Waals surface area (Å²) in [5.74, 6) is -1.02. The van der Waals surface area contributed by atoms with E-state index < -0.39 is 12.0 Å². The van der Waals surface area contributed by atoms with Crippen LogP contribution in [0.25, 0.3) is 0 Å². The SMILES string of the molecule is COC(=O)CC(NC(=O)CC1COCCN1)c1ccc(F)cc1. The summed E-state index contributed by atoms with van der Waals surface area (Å²) in [7, 11) is 1.29. The van der Waals surface area contributed by atoms with Crippen LogP contribution in [0.2, 0.25) is 0 Å². The van der Waals surface area contributed by atoms with Crippen LogP contribution >= 0.6 is 0 Å². The second kappa shape index (κ2) is 8.59. The fourth-order valence-corrected chi connectivity index (χ4v) is 2.43. The summed E-state index contributed by atoms with van der Waals surface area (Å²) in [6.07, 6.45) is 0.237. The van der Waals surface area contributed by atoms with Crippen LogP contribution in [0.3, 0.4) is 0 Å². The Labute approximate surface area is 134 Å². The van der Waals surface area contributed by atoms with Gasteiger partial charge < -0.3 is 20.1 Å². The number of ether oxygens (including phenoxy) is 2. The molecule has 0 radical (unpaired) electrons. The molecule has 1 fully saturated rings. The molecule has 0 aliphatic carbocycles. The highest BCUT2D eigenvalue weighted by atomic mass is 19.1. The molecule has 2 N–H and O–H groups in total. The van der Waals surface area contributed by atoms with Gasteiger partial charge in [-0.25, -0.2) is 4.39 Å². The van der Waals surface area contributed by atoms with Crippen molar-refractivity contribution in [2.24, 2.45) is 0 Å². The van der Waals surface area contributed by atoms with Gasteiger partial charge in [-0.3, -0.25) is 9.59 Å². The lowest BCUT2D eigenvalue weighted by Crippen LogP contribution is -2.44. The van der Waals surface area contributed by atoms with Crippen LogP contribution < -0.4 is 10.6 Å². The summed E-state index contributed by atoms with van der Waals surface area (Å²) in [5, 5.41) is 6.00. The van der Waals surface area contributed by atoms with E-state index >= 15 is 0 Å². The van der Waals surface area contributed by atoms with E-state index in [1.807, 2.05) is 0 Å². The Bertz CT molecular complexity index is 529. The van der Waals surface area contributed by atoms with Gasteiger partial charge in [0.15, 0.2) is 0 Å². The van der Waals surface area contributed by atoms with Gasteiger partial charge in [-0.1, -0.05) is 12.1 Å². The van der Waals surface area contributed by atoms with Crippen LogP contribution in [0.1, 0.15) is 24.4 Å². The van der Waals surface area contributed by atoms with Crippen molar-refractivity contribution in [1.82, 2.24) is 10.6 Å². The van der Waals surface area contributed by atoms with Crippen molar-refractivity contribution in [2.75, 3.05) is 26.9 Å². The van der Waals surface area contributed by atoms with Gasteiger partial charge in [-0.05, 0) is 17.7 Å². The van der Waals surface area contributed by atoms with Gasteiger partial charge in [0.2, 0.25) is 5.91 Å². The fourth-order valence-electron chi connectivity index (χ4n) is 2.43. The van der Waals surface area contributed by atoms with E-state index in [1.54, 1.807) is 12.1 Å². The van der Waals surface area contributed by atoms with Crippen LogP contribution in [-0.2, 0) is 19.1 Å². The van der Waals surface area contributed by atoms with Gasteiger partial charge in [0.1, 0.15) is 5.82 Å². The van der Waals surface area contributed by atoms with Crippen LogP contribution in [0.15, 0.2) is 24.3 Å². The number of carbonyl (C=O) groups excluding carboxylic acids is 2. The Morgan fingerprint density at radius 2 is 2.17 bits per heavy atom.